The Bertz CT molecular complexity index is 1090. The SMILES string of the molecule is C[C@H](CO)N1C[C@H](C)[C@@H](CN(C)C(=O)C2CCCCC2)Oc2ncc(-c3cccc(F)c3)cc2C1=O. The molecule has 0 bridgehead atoms. The van der Waals surface area contributed by atoms with Gasteiger partial charge in [0.15, 0.2) is 0 Å². The standard InChI is InChI=1S/C28H36FN3O4/c1-18-15-32(19(2)17-33)28(35)24-13-22(21-10-7-11-23(29)12-21)14-30-26(24)36-25(18)16-31(3)27(34)20-8-5-4-6-9-20/h7,10-14,18-20,25,33H,4-6,8-9,15-17H2,1-3H3/t18-,19+,25+/m0/s1. The average molecular weight is 498 g/mol. The van der Waals surface area contributed by atoms with E-state index in [1.807, 2.05) is 14.0 Å². The molecule has 1 N–H and O–H groups in total. The smallest absolute Gasteiger partial charge is 0.259 e. The molecule has 8 heteroatoms. The molecule has 0 unspecified atom stereocenters. The molecule has 194 valence electrons. The second-order valence-electron chi connectivity index (χ2n) is 10.3. The van der Waals surface area contributed by atoms with Gasteiger partial charge in [-0.15, -0.1) is 0 Å². The highest BCUT2D eigenvalue weighted by molar-refractivity contribution is 5.98. The number of aromatic nitrogens is 1. The molecule has 2 amide bonds. The number of ether oxygens (including phenoxy) is 1. The Kier molecular flexibility index (Phi) is 8.24. The van der Waals surface area contributed by atoms with Gasteiger partial charge in [-0.1, -0.05) is 38.3 Å². The maximum atomic E-state index is 13.8. The summed E-state index contributed by atoms with van der Waals surface area (Å²) < 4.78 is 20.2. The lowest BCUT2D eigenvalue weighted by atomic mass is 9.88. The minimum atomic E-state index is -0.411. The van der Waals surface area contributed by atoms with Crippen molar-refractivity contribution in [2.24, 2.45) is 11.8 Å². The number of likely N-dealkylation sites (N-methyl/N-ethyl adjacent to an activating group) is 1. The molecule has 0 spiro atoms. The monoisotopic (exact) mass is 497 g/mol. The van der Waals surface area contributed by atoms with Crippen LogP contribution in [0.25, 0.3) is 11.1 Å². The number of benzene rings is 1. The predicted octanol–water partition coefficient (Wildman–Crippen LogP) is 4.15. The third-order valence-corrected chi connectivity index (χ3v) is 7.46. The number of hydrogen-bond donors (Lipinski definition) is 1. The van der Waals surface area contributed by atoms with Crippen molar-refractivity contribution in [3.63, 3.8) is 0 Å². The number of carbonyl (C=O) groups excluding carboxylic acids is 2. The van der Waals surface area contributed by atoms with Gasteiger partial charge in [-0.2, -0.15) is 0 Å². The number of fused-ring (bicyclic) bond motifs is 1. The molecule has 4 rings (SSSR count). The van der Waals surface area contributed by atoms with E-state index in [1.54, 1.807) is 41.1 Å². The first kappa shape index (κ1) is 26.1. The van der Waals surface area contributed by atoms with E-state index in [1.165, 1.54) is 18.6 Å². The number of carbonyl (C=O) groups is 2. The molecule has 1 aromatic carbocycles. The summed E-state index contributed by atoms with van der Waals surface area (Å²) in [6, 6.07) is 7.37. The Morgan fingerprint density at radius 3 is 2.69 bits per heavy atom. The minimum Gasteiger partial charge on any atom is -0.472 e. The van der Waals surface area contributed by atoms with E-state index >= 15 is 0 Å². The Labute approximate surface area is 212 Å². The first-order chi connectivity index (χ1) is 17.3. The lowest BCUT2D eigenvalue weighted by molar-refractivity contribution is -0.136. The third-order valence-electron chi connectivity index (χ3n) is 7.46. The number of pyridine rings is 1. The molecule has 2 aromatic rings. The van der Waals surface area contributed by atoms with Crippen molar-refractivity contribution in [3.05, 3.63) is 47.9 Å². The topological polar surface area (TPSA) is 83.0 Å². The molecule has 7 nitrogen and oxygen atoms in total. The van der Waals surface area contributed by atoms with E-state index < -0.39 is 12.1 Å². The van der Waals surface area contributed by atoms with Gasteiger partial charge in [-0.05, 0) is 43.5 Å². The maximum absolute atomic E-state index is 13.8. The number of aliphatic hydroxyl groups excluding tert-OH is 1. The van der Waals surface area contributed by atoms with Crippen molar-refractivity contribution in [2.75, 3.05) is 26.7 Å². The summed E-state index contributed by atoms with van der Waals surface area (Å²) in [5.74, 6) is -0.405. The normalized spacial score (nSPS) is 21.7. The van der Waals surface area contributed by atoms with Crippen LogP contribution in [0.2, 0.25) is 0 Å². The van der Waals surface area contributed by atoms with Gasteiger partial charge in [0.2, 0.25) is 11.8 Å². The van der Waals surface area contributed by atoms with Crippen molar-refractivity contribution in [2.45, 2.75) is 58.1 Å². The van der Waals surface area contributed by atoms with Crippen molar-refractivity contribution >= 4 is 11.8 Å². The molecule has 1 aliphatic heterocycles. The van der Waals surface area contributed by atoms with Crippen LogP contribution in [0, 0.1) is 17.7 Å². The highest BCUT2D eigenvalue weighted by atomic mass is 19.1. The van der Waals surface area contributed by atoms with E-state index in [9.17, 15) is 19.1 Å². The summed E-state index contributed by atoms with van der Waals surface area (Å²) in [6.07, 6.45) is 6.38. The van der Waals surface area contributed by atoms with Crippen LogP contribution in [0.4, 0.5) is 4.39 Å². The molecule has 2 heterocycles. The van der Waals surface area contributed by atoms with Crippen molar-refractivity contribution in [1.29, 1.82) is 0 Å². The Morgan fingerprint density at radius 1 is 1.25 bits per heavy atom. The van der Waals surface area contributed by atoms with Crippen LogP contribution >= 0.6 is 0 Å². The summed E-state index contributed by atoms with van der Waals surface area (Å²) in [4.78, 5) is 34.5. The van der Waals surface area contributed by atoms with Gasteiger partial charge in [0.1, 0.15) is 17.5 Å². The molecule has 1 saturated carbocycles. The van der Waals surface area contributed by atoms with E-state index in [4.69, 9.17) is 4.74 Å². The van der Waals surface area contributed by atoms with Crippen LogP contribution in [-0.4, -0.2) is 70.6 Å². The van der Waals surface area contributed by atoms with Crippen LogP contribution < -0.4 is 4.74 Å². The lowest BCUT2D eigenvalue weighted by Gasteiger charge is -2.38. The largest absolute Gasteiger partial charge is 0.472 e. The second-order valence-corrected chi connectivity index (χ2v) is 10.3. The van der Waals surface area contributed by atoms with Gasteiger partial charge in [0.25, 0.3) is 5.91 Å². The number of rotatable bonds is 6. The van der Waals surface area contributed by atoms with Crippen molar-refractivity contribution < 1.29 is 23.8 Å². The number of hydrogen-bond acceptors (Lipinski definition) is 5. The zero-order valence-corrected chi connectivity index (χ0v) is 21.3. The van der Waals surface area contributed by atoms with E-state index in [0.717, 1.165) is 25.7 Å². The van der Waals surface area contributed by atoms with Gasteiger partial charge in [-0.25, -0.2) is 9.37 Å². The molecule has 0 radical (unpaired) electrons. The Hall–Kier alpha value is -3.00. The summed E-state index contributed by atoms with van der Waals surface area (Å²) in [5.41, 5.74) is 1.46. The zero-order chi connectivity index (χ0) is 25.8. The van der Waals surface area contributed by atoms with E-state index in [0.29, 0.717) is 24.2 Å². The first-order valence-corrected chi connectivity index (χ1v) is 12.9. The number of halogens is 1. The van der Waals surface area contributed by atoms with E-state index in [2.05, 4.69) is 4.98 Å². The van der Waals surface area contributed by atoms with Crippen LogP contribution in [0.15, 0.2) is 36.5 Å². The minimum absolute atomic E-state index is 0.0549. The zero-order valence-electron chi connectivity index (χ0n) is 21.3. The average Bonchev–Trinajstić information content (AvgIpc) is 2.90. The highest BCUT2D eigenvalue weighted by Crippen LogP contribution is 2.31. The first-order valence-electron chi connectivity index (χ1n) is 12.9. The fraction of sp³-hybridized carbons (Fsp3) is 0.536. The fourth-order valence-electron chi connectivity index (χ4n) is 5.17. The van der Waals surface area contributed by atoms with Gasteiger partial charge in [0, 0.05) is 37.2 Å². The second kappa shape index (κ2) is 11.4. The molecule has 3 atom stereocenters. The summed E-state index contributed by atoms with van der Waals surface area (Å²) in [7, 11) is 1.81. The van der Waals surface area contributed by atoms with Crippen LogP contribution in [0.1, 0.15) is 56.3 Å². The molecule has 0 saturated heterocycles. The maximum Gasteiger partial charge on any atom is 0.259 e. The molecule has 36 heavy (non-hydrogen) atoms. The van der Waals surface area contributed by atoms with Crippen molar-refractivity contribution in [3.8, 4) is 17.0 Å². The van der Waals surface area contributed by atoms with Gasteiger partial charge < -0.3 is 19.6 Å². The highest BCUT2D eigenvalue weighted by Gasteiger charge is 2.35. The molecule has 1 aliphatic carbocycles. The quantitative estimate of drug-likeness (QED) is 0.649. The number of aliphatic hydroxyl groups is 1. The Balaban J connectivity index is 1.65. The van der Waals surface area contributed by atoms with Gasteiger partial charge in [0.05, 0.1) is 19.2 Å². The van der Waals surface area contributed by atoms with Crippen LogP contribution in [0.3, 0.4) is 0 Å². The Morgan fingerprint density at radius 2 is 2.00 bits per heavy atom. The predicted molar refractivity (Wildman–Crippen MR) is 135 cm³/mol. The lowest BCUT2D eigenvalue weighted by Crippen LogP contribution is -2.51. The van der Waals surface area contributed by atoms with Crippen molar-refractivity contribution in [1.82, 2.24) is 14.8 Å². The molecular formula is C28H36FN3O4. The summed E-state index contributed by atoms with van der Waals surface area (Å²) >= 11 is 0. The van der Waals surface area contributed by atoms with Gasteiger partial charge >= 0.3 is 0 Å². The number of amides is 2. The summed E-state index contributed by atoms with van der Waals surface area (Å²) in [6.45, 7) is 4.33. The van der Waals surface area contributed by atoms with Crippen LogP contribution in [-0.2, 0) is 4.79 Å². The fourth-order valence-corrected chi connectivity index (χ4v) is 5.17. The van der Waals surface area contributed by atoms with E-state index in [-0.39, 0.29) is 47.5 Å². The molecule has 1 fully saturated rings. The van der Waals surface area contributed by atoms with Gasteiger partial charge in [-0.3, -0.25) is 9.59 Å². The third kappa shape index (κ3) is 5.69. The molecule has 2 aliphatic rings. The summed E-state index contributed by atoms with van der Waals surface area (Å²) in [5, 5.41) is 9.86. The van der Waals surface area contributed by atoms with Crippen LogP contribution in [0.5, 0.6) is 5.88 Å². The number of nitrogens with zero attached hydrogens (tertiary/aromatic N) is 3. The molecular weight excluding hydrogens is 461 g/mol. The molecule has 1 aromatic heterocycles.